The topological polar surface area (TPSA) is 159 Å². The van der Waals surface area contributed by atoms with Crippen molar-refractivity contribution in [3.8, 4) is 0 Å². The lowest BCUT2D eigenvalue weighted by Crippen LogP contribution is -2.71. The SMILES string of the molecule is Cc1nsc(SCC2=C(C(=O)O)N3C(=O)C(NC(=O)/C(=N/OC(F)F)c4csc(NC(c5ccccc5)(c5ccccc5)c5ccccc5)n4)[C@H]3SC2)n1. The second-order valence-electron chi connectivity index (χ2n) is 11.8. The van der Waals surface area contributed by atoms with Crippen molar-refractivity contribution < 1.29 is 33.1 Å². The molecule has 1 unspecified atom stereocenters. The summed E-state index contributed by atoms with van der Waals surface area (Å²) < 4.78 is 31.4. The van der Waals surface area contributed by atoms with Gasteiger partial charge in [-0.2, -0.15) is 13.2 Å². The lowest BCUT2D eigenvalue weighted by atomic mass is 9.77. The van der Waals surface area contributed by atoms with Crippen LogP contribution in [0.3, 0.4) is 0 Å². The fourth-order valence-electron chi connectivity index (χ4n) is 6.17. The monoisotopic (exact) mass is 805 g/mol. The number of hydrogen-bond donors (Lipinski definition) is 3. The molecule has 12 nitrogen and oxygen atoms in total. The predicted octanol–water partition coefficient (Wildman–Crippen LogP) is 6.18. The summed E-state index contributed by atoms with van der Waals surface area (Å²) in [6, 6.07) is 28.0. The molecule has 4 heterocycles. The van der Waals surface area contributed by atoms with E-state index in [0.29, 0.717) is 20.9 Å². The number of aromatic nitrogens is 3. The number of aliphatic carboxylic acids is 1. The number of thiazole rings is 1. The summed E-state index contributed by atoms with van der Waals surface area (Å²) >= 11 is 4.91. The molecule has 0 bridgehead atoms. The van der Waals surface area contributed by atoms with E-state index in [2.05, 4.69) is 35.0 Å². The molecular formula is C36H29F2N7O5S4. The first kappa shape index (κ1) is 37.2. The van der Waals surface area contributed by atoms with E-state index in [1.54, 1.807) is 6.92 Å². The zero-order valence-corrected chi connectivity index (χ0v) is 31.4. The number of aryl methyl sites for hydroxylation is 1. The number of anilines is 1. The maximum Gasteiger partial charge on any atom is 0.407 e. The number of carboxylic acid groups (broad SMARTS) is 1. The maximum absolute atomic E-state index is 13.7. The minimum absolute atomic E-state index is 0.0824. The second-order valence-corrected chi connectivity index (χ2v) is 15.8. The highest BCUT2D eigenvalue weighted by Gasteiger charge is 2.54. The average Bonchev–Trinajstić information content (AvgIpc) is 3.83. The molecule has 54 heavy (non-hydrogen) atoms. The quantitative estimate of drug-likeness (QED) is 0.0387. The Hall–Kier alpha value is -5.17. The molecule has 7 rings (SSSR count). The van der Waals surface area contributed by atoms with Gasteiger partial charge in [0.1, 0.15) is 34.2 Å². The lowest BCUT2D eigenvalue weighted by molar-refractivity contribution is -0.150. The van der Waals surface area contributed by atoms with Crippen molar-refractivity contribution in [2.75, 3.05) is 16.8 Å². The van der Waals surface area contributed by atoms with Crippen molar-refractivity contribution in [3.63, 3.8) is 0 Å². The van der Waals surface area contributed by atoms with E-state index in [9.17, 15) is 28.3 Å². The number of rotatable bonds is 14. The highest BCUT2D eigenvalue weighted by molar-refractivity contribution is 8.01. The molecule has 3 aromatic carbocycles. The number of nitrogens with one attached hydrogen (secondary N) is 2. The summed E-state index contributed by atoms with van der Waals surface area (Å²) in [4.78, 5) is 53.8. The summed E-state index contributed by atoms with van der Waals surface area (Å²) in [6.45, 7) is -1.59. The second kappa shape index (κ2) is 16.1. The van der Waals surface area contributed by atoms with Gasteiger partial charge in [0, 0.05) is 16.9 Å². The van der Waals surface area contributed by atoms with Crippen LogP contribution in [0.25, 0.3) is 0 Å². The fraction of sp³-hybridized carbons (Fsp3) is 0.194. The Bertz CT molecular complexity index is 2120. The number of carbonyl (C=O) groups excluding carboxylic acids is 2. The van der Waals surface area contributed by atoms with Crippen molar-refractivity contribution in [3.05, 3.63) is 136 Å². The predicted molar refractivity (Wildman–Crippen MR) is 204 cm³/mol. The molecule has 0 aliphatic carbocycles. The van der Waals surface area contributed by atoms with Crippen LogP contribution in [0.15, 0.2) is 117 Å². The van der Waals surface area contributed by atoms with Crippen LogP contribution in [0.5, 0.6) is 0 Å². The summed E-state index contributed by atoms with van der Waals surface area (Å²) in [7, 11) is 0. The highest BCUT2D eigenvalue weighted by atomic mass is 32.2. The number of amides is 2. The summed E-state index contributed by atoms with van der Waals surface area (Å²) in [6.07, 6.45) is 0. The number of hydrogen-bond acceptors (Lipinski definition) is 13. The molecular weight excluding hydrogens is 777 g/mol. The number of oxime groups is 1. The largest absolute Gasteiger partial charge is 0.477 e. The van der Waals surface area contributed by atoms with Crippen LogP contribution in [-0.2, 0) is 24.8 Å². The van der Waals surface area contributed by atoms with Gasteiger partial charge in [0.2, 0.25) is 0 Å². The minimum atomic E-state index is -3.34. The van der Waals surface area contributed by atoms with E-state index >= 15 is 0 Å². The van der Waals surface area contributed by atoms with Gasteiger partial charge in [-0.3, -0.25) is 14.5 Å². The fourth-order valence-corrected chi connectivity index (χ4v) is 10.1. The van der Waals surface area contributed by atoms with Gasteiger partial charge in [-0.25, -0.2) is 14.8 Å². The molecule has 0 spiro atoms. The summed E-state index contributed by atoms with van der Waals surface area (Å²) in [5.41, 5.74) is 1.38. The van der Waals surface area contributed by atoms with E-state index in [1.807, 2.05) is 91.0 Å². The van der Waals surface area contributed by atoms with E-state index in [4.69, 9.17) is 0 Å². The van der Waals surface area contributed by atoms with Crippen molar-refractivity contribution in [2.45, 2.75) is 34.8 Å². The highest BCUT2D eigenvalue weighted by Crippen LogP contribution is 2.43. The van der Waals surface area contributed by atoms with E-state index in [-0.39, 0.29) is 22.9 Å². The molecule has 1 fully saturated rings. The number of nitrogens with zero attached hydrogens (tertiary/aromatic N) is 5. The Morgan fingerprint density at radius 1 is 1.02 bits per heavy atom. The lowest BCUT2D eigenvalue weighted by Gasteiger charge is -2.49. The van der Waals surface area contributed by atoms with Gasteiger partial charge in [-0.1, -0.05) is 108 Å². The molecule has 2 amide bonds. The van der Waals surface area contributed by atoms with Crippen LogP contribution in [-0.4, -0.2) is 77.4 Å². The first-order valence-corrected chi connectivity index (χ1v) is 19.9. The Morgan fingerprint density at radius 2 is 1.63 bits per heavy atom. The number of carboxylic acids is 1. The molecule has 18 heteroatoms. The molecule has 5 aromatic rings. The van der Waals surface area contributed by atoms with Crippen LogP contribution < -0.4 is 10.6 Å². The van der Waals surface area contributed by atoms with Crippen LogP contribution in [0.1, 0.15) is 28.2 Å². The Kier molecular flexibility index (Phi) is 11.0. The van der Waals surface area contributed by atoms with E-state index in [0.717, 1.165) is 32.9 Å². The number of alkyl halides is 2. The third-order valence-corrected chi connectivity index (χ3v) is 12.6. The number of β-lactam (4-membered cyclic amide) rings is 1. The smallest absolute Gasteiger partial charge is 0.407 e. The Balaban J connectivity index is 1.15. The molecule has 0 radical (unpaired) electrons. The Morgan fingerprint density at radius 3 is 2.17 bits per heavy atom. The summed E-state index contributed by atoms with van der Waals surface area (Å²) in [5.74, 6) is -1.79. The molecule has 2 atom stereocenters. The first-order valence-electron chi connectivity index (χ1n) is 16.2. The van der Waals surface area contributed by atoms with Gasteiger partial charge in [-0.15, -0.1) is 23.1 Å². The number of fused-ring (bicyclic) bond motifs is 1. The standard InChI is InChI=1S/C36H29F2N7O5S4/c1-20-39-35(54-44-20)53-18-21-17-51-31-27(30(47)45(31)28(21)32(48)49)41-29(46)26(43-50-33(37)38)25-19-52-34(40-25)42-36(22-11-5-2-6-12-22,23-13-7-3-8-14-23)24-15-9-4-10-16-24/h2-16,19,27,31,33H,17-18H2,1H3,(H,40,42)(H,41,46)(H,48,49)/b43-26+/t27?,31-/m1/s1. The first-order chi connectivity index (χ1) is 26.2. The minimum Gasteiger partial charge on any atom is -0.477 e. The average molecular weight is 806 g/mol. The third-order valence-electron chi connectivity index (χ3n) is 8.52. The molecule has 276 valence electrons. The van der Waals surface area contributed by atoms with Crippen LogP contribution in [0.2, 0.25) is 0 Å². The van der Waals surface area contributed by atoms with Gasteiger partial charge in [0.25, 0.3) is 11.8 Å². The van der Waals surface area contributed by atoms with Gasteiger partial charge < -0.3 is 20.6 Å². The van der Waals surface area contributed by atoms with Gasteiger partial charge in [0.05, 0.1) is 0 Å². The molecule has 0 saturated carbocycles. The number of benzene rings is 3. The number of thioether (sulfide) groups is 2. The molecule has 3 N–H and O–H groups in total. The molecule has 2 aromatic heterocycles. The van der Waals surface area contributed by atoms with Gasteiger partial charge in [-0.05, 0) is 40.7 Å². The van der Waals surface area contributed by atoms with Crippen molar-refractivity contribution in [2.24, 2.45) is 5.16 Å². The number of carbonyl (C=O) groups is 3. The third kappa shape index (κ3) is 7.46. The maximum atomic E-state index is 13.7. The van der Waals surface area contributed by atoms with Crippen molar-refractivity contribution >= 4 is 75.0 Å². The zero-order valence-electron chi connectivity index (χ0n) is 28.1. The van der Waals surface area contributed by atoms with E-state index < -0.39 is 47.1 Å². The normalized spacial score (nSPS) is 17.2. The van der Waals surface area contributed by atoms with Gasteiger partial charge in [0.15, 0.2) is 15.2 Å². The van der Waals surface area contributed by atoms with Crippen molar-refractivity contribution in [1.82, 2.24) is 24.6 Å². The molecule has 2 aliphatic rings. The molecule has 2 aliphatic heterocycles. The van der Waals surface area contributed by atoms with Gasteiger partial charge >= 0.3 is 12.6 Å². The van der Waals surface area contributed by atoms with Crippen LogP contribution in [0, 0.1) is 6.92 Å². The Labute approximate surface area is 323 Å². The van der Waals surface area contributed by atoms with Crippen molar-refractivity contribution in [1.29, 1.82) is 0 Å². The van der Waals surface area contributed by atoms with Crippen LogP contribution in [0.4, 0.5) is 13.9 Å². The number of halogens is 2. The summed E-state index contributed by atoms with van der Waals surface area (Å²) in [5, 5.41) is 20.7. The van der Waals surface area contributed by atoms with E-state index in [1.165, 1.54) is 40.4 Å². The van der Waals surface area contributed by atoms with Crippen LogP contribution >= 0.6 is 46.4 Å². The molecule has 1 saturated heterocycles. The zero-order chi connectivity index (χ0) is 37.8.